The van der Waals surface area contributed by atoms with Gasteiger partial charge in [0.25, 0.3) is 0 Å². The second-order valence-electron chi connectivity index (χ2n) is 3.16. The number of aromatic nitrogens is 3. The number of ether oxygens (including phenoxy) is 1. The Kier molecular flexibility index (Phi) is 2.53. The van der Waals surface area contributed by atoms with Crippen LogP contribution in [0.4, 0.5) is 0 Å². The zero-order valence-electron chi connectivity index (χ0n) is 7.23. The molecule has 0 amide bonds. The van der Waals surface area contributed by atoms with E-state index in [0.29, 0.717) is 5.92 Å². The van der Waals surface area contributed by atoms with Gasteiger partial charge in [0.2, 0.25) is 0 Å². The van der Waals surface area contributed by atoms with Gasteiger partial charge in [-0.1, -0.05) is 0 Å². The molecule has 0 aliphatic carbocycles. The van der Waals surface area contributed by atoms with Crippen molar-refractivity contribution in [3.63, 3.8) is 0 Å². The fraction of sp³-hybridized carbons (Fsp3) is 0.714. The van der Waals surface area contributed by atoms with Crippen LogP contribution in [0.5, 0.6) is 0 Å². The molecule has 0 aromatic carbocycles. The predicted molar refractivity (Wildman–Crippen MR) is 45.4 cm³/mol. The smallest absolute Gasteiger partial charge is 0.101 e. The zero-order valence-corrected chi connectivity index (χ0v) is 7.23. The van der Waals surface area contributed by atoms with E-state index in [0.717, 1.165) is 25.3 Å². The summed E-state index contributed by atoms with van der Waals surface area (Å²) >= 11 is 0. The second-order valence-corrected chi connectivity index (χ2v) is 3.16. The molecule has 1 aliphatic heterocycles. The van der Waals surface area contributed by atoms with Gasteiger partial charge in [-0.05, 0) is 6.42 Å². The fourth-order valence-corrected chi connectivity index (χ4v) is 1.64. The summed E-state index contributed by atoms with van der Waals surface area (Å²) in [5.41, 5.74) is 3.59. The molecule has 0 radical (unpaired) electrons. The maximum absolute atomic E-state index is 5.46. The van der Waals surface area contributed by atoms with E-state index in [2.05, 4.69) is 20.8 Å². The first-order chi connectivity index (χ1) is 6.42. The van der Waals surface area contributed by atoms with Crippen LogP contribution in [-0.4, -0.2) is 28.6 Å². The van der Waals surface area contributed by atoms with E-state index < -0.39 is 0 Å². The number of hydrogen-bond donors (Lipinski definition) is 3. The monoisotopic (exact) mass is 183 g/mol. The maximum Gasteiger partial charge on any atom is 0.101 e. The number of H-pyrrole nitrogens is 1. The Morgan fingerprint density at radius 2 is 2.69 bits per heavy atom. The number of hydrogen-bond acceptors (Lipinski definition) is 5. The molecule has 6 nitrogen and oxygen atoms in total. The largest absolute Gasteiger partial charge is 0.381 e. The summed E-state index contributed by atoms with van der Waals surface area (Å²) in [4.78, 5) is 0. The molecule has 1 aromatic rings. The molecule has 0 spiro atoms. The lowest BCUT2D eigenvalue weighted by atomic mass is 9.97. The van der Waals surface area contributed by atoms with Crippen LogP contribution in [0.25, 0.3) is 0 Å². The van der Waals surface area contributed by atoms with E-state index >= 15 is 0 Å². The van der Waals surface area contributed by atoms with Crippen LogP contribution in [0.15, 0.2) is 6.20 Å². The lowest BCUT2D eigenvalue weighted by Gasteiger charge is -2.18. The number of hydrazine groups is 1. The molecule has 4 N–H and O–H groups in total. The van der Waals surface area contributed by atoms with E-state index in [1.807, 2.05) is 0 Å². The molecule has 1 aliphatic rings. The lowest BCUT2D eigenvalue weighted by molar-refractivity contribution is 0.176. The minimum Gasteiger partial charge on any atom is -0.381 e. The lowest BCUT2D eigenvalue weighted by Crippen LogP contribution is -2.34. The third-order valence-corrected chi connectivity index (χ3v) is 2.37. The highest BCUT2D eigenvalue weighted by molar-refractivity contribution is 5.02. The van der Waals surface area contributed by atoms with Crippen molar-refractivity contribution in [1.82, 2.24) is 20.8 Å². The number of nitrogens with one attached hydrogen (secondary N) is 2. The van der Waals surface area contributed by atoms with Crippen LogP contribution in [0, 0.1) is 5.92 Å². The van der Waals surface area contributed by atoms with Crippen LogP contribution in [0.3, 0.4) is 0 Å². The molecular formula is C7H13N5O. The second kappa shape index (κ2) is 3.82. The average Bonchev–Trinajstić information content (AvgIpc) is 2.76. The van der Waals surface area contributed by atoms with Gasteiger partial charge < -0.3 is 4.74 Å². The van der Waals surface area contributed by atoms with Crippen molar-refractivity contribution in [3.05, 3.63) is 11.9 Å². The van der Waals surface area contributed by atoms with E-state index in [4.69, 9.17) is 10.6 Å². The summed E-state index contributed by atoms with van der Waals surface area (Å²) in [6, 6.07) is 0.0428. The highest BCUT2D eigenvalue weighted by Crippen LogP contribution is 2.26. The minimum absolute atomic E-state index is 0.0428. The van der Waals surface area contributed by atoms with Gasteiger partial charge in [-0.3, -0.25) is 11.3 Å². The maximum atomic E-state index is 5.46. The van der Waals surface area contributed by atoms with Crippen molar-refractivity contribution in [2.75, 3.05) is 13.2 Å². The standard InChI is InChI=1S/C7H13N5O/c8-10-7(5-1-2-13-4-5)6-3-9-12-11-6/h3,5,7,10H,1-2,4,8H2,(H,9,11,12). The molecule has 2 atom stereocenters. The highest BCUT2D eigenvalue weighted by Gasteiger charge is 2.27. The van der Waals surface area contributed by atoms with Crippen LogP contribution < -0.4 is 11.3 Å². The number of nitrogens with zero attached hydrogens (tertiary/aromatic N) is 2. The van der Waals surface area contributed by atoms with Crippen molar-refractivity contribution < 1.29 is 4.74 Å². The SMILES string of the molecule is NNC(c1cn[nH]n1)C1CCOC1. The van der Waals surface area contributed by atoms with E-state index in [9.17, 15) is 0 Å². The van der Waals surface area contributed by atoms with Gasteiger partial charge in [-0.2, -0.15) is 15.4 Å². The molecule has 6 heteroatoms. The van der Waals surface area contributed by atoms with Gasteiger partial charge in [-0.15, -0.1) is 0 Å². The Morgan fingerprint density at radius 3 is 3.23 bits per heavy atom. The quantitative estimate of drug-likeness (QED) is 0.428. The van der Waals surface area contributed by atoms with Gasteiger partial charge in [0.1, 0.15) is 5.69 Å². The first-order valence-electron chi connectivity index (χ1n) is 4.31. The Balaban J connectivity index is 2.08. The number of aromatic amines is 1. The average molecular weight is 183 g/mol. The van der Waals surface area contributed by atoms with Gasteiger partial charge in [0.15, 0.2) is 0 Å². The highest BCUT2D eigenvalue weighted by atomic mass is 16.5. The molecule has 1 fully saturated rings. The van der Waals surface area contributed by atoms with E-state index in [1.165, 1.54) is 0 Å². The first kappa shape index (κ1) is 8.61. The van der Waals surface area contributed by atoms with Gasteiger partial charge in [0.05, 0.1) is 18.8 Å². The molecule has 2 rings (SSSR count). The summed E-state index contributed by atoms with van der Waals surface area (Å²) in [5, 5.41) is 10.3. The number of rotatable bonds is 3. The van der Waals surface area contributed by atoms with Gasteiger partial charge in [-0.25, -0.2) is 0 Å². The summed E-state index contributed by atoms with van der Waals surface area (Å²) in [5.74, 6) is 5.85. The van der Waals surface area contributed by atoms with Crippen molar-refractivity contribution in [1.29, 1.82) is 0 Å². The van der Waals surface area contributed by atoms with E-state index in [-0.39, 0.29) is 6.04 Å². The molecular weight excluding hydrogens is 170 g/mol. The van der Waals surface area contributed by atoms with Crippen LogP contribution in [-0.2, 0) is 4.74 Å². The molecule has 72 valence electrons. The van der Waals surface area contributed by atoms with Gasteiger partial charge in [0, 0.05) is 12.5 Å². The molecule has 2 heterocycles. The number of nitrogens with two attached hydrogens (primary N) is 1. The molecule has 0 bridgehead atoms. The third kappa shape index (κ3) is 1.69. The summed E-state index contributed by atoms with van der Waals surface area (Å²) < 4.78 is 5.28. The topological polar surface area (TPSA) is 88.8 Å². The van der Waals surface area contributed by atoms with Crippen LogP contribution in [0.1, 0.15) is 18.2 Å². The summed E-state index contributed by atoms with van der Waals surface area (Å²) in [6.45, 7) is 1.54. The van der Waals surface area contributed by atoms with Crippen molar-refractivity contribution in [2.45, 2.75) is 12.5 Å². The molecule has 2 unspecified atom stereocenters. The molecule has 13 heavy (non-hydrogen) atoms. The van der Waals surface area contributed by atoms with E-state index in [1.54, 1.807) is 6.20 Å². The Labute approximate surface area is 75.8 Å². The molecule has 1 saturated heterocycles. The zero-order chi connectivity index (χ0) is 9.10. The Morgan fingerprint density at radius 1 is 1.77 bits per heavy atom. The summed E-state index contributed by atoms with van der Waals surface area (Å²) in [7, 11) is 0. The van der Waals surface area contributed by atoms with Gasteiger partial charge >= 0.3 is 0 Å². The predicted octanol–water partition coefficient (Wildman–Crippen LogP) is -0.654. The third-order valence-electron chi connectivity index (χ3n) is 2.37. The first-order valence-corrected chi connectivity index (χ1v) is 4.31. The van der Waals surface area contributed by atoms with Crippen LogP contribution in [0.2, 0.25) is 0 Å². The van der Waals surface area contributed by atoms with Crippen molar-refractivity contribution in [3.8, 4) is 0 Å². The normalized spacial score (nSPS) is 24.8. The van der Waals surface area contributed by atoms with Crippen LogP contribution >= 0.6 is 0 Å². The minimum atomic E-state index is 0.0428. The Hall–Kier alpha value is -0.980. The Bertz CT molecular complexity index is 243. The molecule has 0 saturated carbocycles. The molecule has 1 aromatic heterocycles. The fourth-order valence-electron chi connectivity index (χ4n) is 1.64. The summed E-state index contributed by atoms with van der Waals surface area (Å²) in [6.07, 6.45) is 2.70. The van der Waals surface area contributed by atoms with Crippen molar-refractivity contribution >= 4 is 0 Å². The van der Waals surface area contributed by atoms with Crippen molar-refractivity contribution in [2.24, 2.45) is 11.8 Å².